The molecule has 0 saturated heterocycles. The Kier molecular flexibility index (Phi) is 5.03. The Balaban J connectivity index is 3.20. The molecule has 1 rings (SSSR count). The molecule has 3 N–H and O–H groups in total. The fraction of sp³-hybridized carbons (Fsp3) is 0.500. The van der Waals surface area contributed by atoms with Crippen molar-refractivity contribution in [3.05, 3.63) is 34.1 Å². The van der Waals surface area contributed by atoms with Gasteiger partial charge in [-0.05, 0) is 18.9 Å². The van der Waals surface area contributed by atoms with E-state index in [-0.39, 0.29) is 17.4 Å². The second-order valence-electron chi connectivity index (χ2n) is 5.25. The maximum absolute atomic E-state index is 13.5. The number of halogens is 1. The van der Waals surface area contributed by atoms with Crippen LogP contribution in [0.2, 0.25) is 0 Å². The lowest BCUT2D eigenvalue weighted by Gasteiger charge is -2.33. The molecule has 0 aliphatic rings. The Morgan fingerprint density at radius 1 is 1.48 bits per heavy atom. The highest BCUT2D eigenvalue weighted by atomic mass is 32.2. The van der Waals surface area contributed by atoms with Gasteiger partial charge in [0, 0.05) is 24.2 Å². The smallest absolute Gasteiger partial charge is 0.304 e. The molecule has 21 heavy (non-hydrogen) atoms. The van der Waals surface area contributed by atoms with Crippen LogP contribution in [0.3, 0.4) is 0 Å². The number of nitrogens with two attached hydrogens (primary N) is 1. The fourth-order valence-corrected chi connectivity index (χ4v) is 3.12. The van der Waals surface area contributed by atoms with Gasteiger partial charge >= 0.3 is 5.69 Å². The van der Waals surface area contributed by atoms with Crippen LogP contribution in [-0.2, 0) is 10.0 Å². The Hall–Kier alpha value is -1.58. The largest absolute Gasteiger partial charge is 0.329 e. The van der Waals surface area contributed by atoms with E-state index in [1.807, 2.05) is 0 Å². The Morgan fingerprint density at radius 2 is 2.05 bits per heavy atom. The number of nitro benzene ring substituents is 1. The van der Waals surface area contributed by atoms with Gasteiger partial charge in [-0.1, -0.05) is 13.8 Å². The van der Waals surface area contributed by atoms with E-state index in [0.717, 1.165) is 12.1 Å². The second kappa shape index (κ2) is 6.04. The molecule has 1 unspecified atom stereocenters. The lowest BCUT2D eigenvalue weighted by molar-refractivity contribution is -0.387. The van der Waals surface area contributed by atoms with Crippen LogP contribution in [0.5, 0.6) is 0 Å². The molecular weight excluding hydrogens is 301 g/mol. The SMILES string of the molecule is CC(C)C(C)(CN)NS(=O)(=O)c1ccc([N+](=O)[O-])c(F)c1. The van der Waals surface area contributed by atoms with Gasteiger partial charge in [0.2, 0.25) is 15.8 Å². The highest BCUT2D eigenvalue weighted by molar-refractivity contribution is 7.89. The molecule has 1 atom stereocenters. The summed E-state index contributed by atoms with van der Waals surface area (Å²) in [7, 11) is -4.03. The second-order valence-corrected chi connectivity index (χ2v) is 6.93. The van der Waals surface area contributed by atoms with E-state index in [1.54, 1.807) is 20.8 Å². The van der Waals surface area contributed by atoms with Crippen LogP contribution in [0, 0.1) is 21.8 Å². The third kappa shape index (κ3) is 3.74. The minimum atomic E-state index is -4.03. The third-order valence-electron chi connectivity index (χ3n) is 3.49. The maximum atomic E-state index is 13.5. The van der Waals surface area contributed by atoms with Crippen molar-refractivity contribution in [3.63, 3.8) is 0 Å². The predicted molar refractivity (Wildman–Crippen MR) is 75.7 cm³/mol. The molecule has 9 heteroatoms. The molecule has 0 aliphatic carbocycles. The molecule has 0 aliphatic heterocycles. The summed E-state index contributed by atoms with van der Waals surface area (Å²) < 4.78 is 40.5. The van der Waals surface area contributed by atoms with Crippen LogP contribution >= 0.6 is 0 Å². The van der Waals surface area contributed by atoms with Crippen molar-refractivity contribution >= 4 is 15.7 Å². The molecule has 0 fully saturated rings. The first-order valence-electron chi connectivity index (χ1n) is 6.21. The van der Waals surface area contributed by atoms with Crippen LogP contribution in [0.1, 0.15) is 20.8 Å². The van der Waals surface area contributed by atoms with E-state index in [1.165, 1.54) is 0 Å². The van der Waals surface area contributed by atoms with Crippen molar-refractivity contribution in [2.45, 2.75) is 31.2 Å². The van der Waals surface area contributed by atoms with Gasteiger partial charge < -0.3 is 5.73 Å². The molecule has 0 heterocycles. The molecule has 0 saturated carbocycles. The number of benzene rings is 1. The lowest BCUT2D eigenvalue weighted by atomic mass is 9.90. The van der Waals surface area contributed by atoms with Gasteiger partial charge in [0.05, 0.1) is 9.82 Å². The van der Waals surface area contributed by atoms with Crippen LogP contribution in [0.15, 0.2) is 23.1 Å². The van der Waals surface area contributed by atoms with Gasteiger partial charge in [0.1, 0.15) is 0 Å². The van der Waals surface area contributed by atoms with Crippen molar-refractivity contribution in [2.75, 3.05) is 6.54 Å². The van der Waals surface area contributed by atoms with Gasteiger partial charge in [-0.3, -0.25) is 10.1 Å². The summed E-state index contributed by atoms with van der Waals surface area (Å²) in [5.41, 5.74) is 3.91. The van der Waals surface area contributed by atoms with Crippen LogP contribution in [0.4, 0.5) is 10.1 Å². The lowest BCUT2D eigenvalue weighted by Crippen LogP contribution is -2.54. The zero-order valence-corrected chi connectivity index (χ0v) is 12.8. The monoisotopic (exact) mass is 319 g/mol. The Morgan fingerprint density at radius 3 is 2.43 bits per heavy atom. The van der Waals surface area contributed by atoms with Gasteiger partial charge in [0.15, 0.2) is 0 Å². The molecule has 0 aromatic heterocycles. The molecular formula is C12H18FN3O4S. The Labute approximate surface area is 122 Å². The fourth-order valence-electron chi connectivity index (χ4n) is 1.56. The summed E-state index contributed by atoms with van der Waals surface area (Å²) in [6.45, 7) is 5.29. The number of hydrogen-bond acceptors (Lipinski definition) is 5. The minimum absolute atomic E-state index is 0.0549. The summed E-state index contributed by atoms with van der Waals surface area (Å²) >= 11 is 0. The van der Waals surface area contributed by atoms with Gasteiger partial charge in [-0.25, -0.2) is 13.1 Å². The molecule has 0 spiro atoms. The molecule has 118 valence electrons. The first-order valence-corrected chi connectivity index (χ1v) is 7.70. The molecule has 7 nitrogen and oxygen atoms in total. The highest BCUT2D eigenvalue weighted by Gasteiger charge is 2.33. The minimum Gasteiger partial charge on any atom is -0.329 e. The van der Waals surface area contributed by atoms with Gasteiger partial charge in [-0.2, -0.15) is 4.39 Å². The van der Waals surface area contributed by atoms with E-state index < -0.39 is 32.0 Å². The number of nitrogens with one attached hydrogen (secondary N) is 1. The number of nitro groups is 1. The summed E-state index contributed by atoms with van der Waals surface area (Å²) in [4.78, 5) is 9.23. The van der Waals surface area contributed by atoms with Crippen molar-refractivity contribution in [1.82, 2.24) is 4.72 Å². The van der Waals surface area contributed by atoms with Gasteiger partial charge in [0.25, 0.3) is 0 Å². The zero-order valence-electron chi connectivity index (χ0n) is 12.0. The van der Waals surface area contributed by atoms with Crippen LogP contribution < -0.4 is 10.5 Å². The van der Waals surface area contributed by atoms with E-state index in [0.29, 0.717) is 6.07 Å². The zero-order chi connectivity index (χ0) is 16.4. The topological polar surface area (TPSA) is 115 Å². The molecule has 0 radical (unpaired) electrons. The standard InChI is InChI=1S/C12H18FN3O4S/c1-8(2)12(3,7-14)15-21(19,20)9-4-5-11(16(17)18)10(13)6-9/h4-6,8,15H,7,14H2,1-3H3. The van der Waals surface area contributed by atoms with E-state index in [9.17, 15) is 22.9 Å². The van der Waals surface area contributed by atoms with Crippen molar-refractivity contribution in [2.24, 2.45) is 11.7 Å². The van der Waals surface area contributed by atoms with Crippen LogP contribution in [0.25, 0.3) is 0 Å². The molecule has 0 bridgehead atoms. The first-order chi connectivity index (χ1) is 9.53. The number of hydrogen-bond donors (Lipinski definition) is 2. The van der Waals surface area contributed by atoms with Crippen molar-refractivity contribution < 1.29 is 17.7 Å². The third-order valence-corrected chi connectivity index (χ3v) is 5.10. The summed E-state index contributed by atoms with van der Waals surface area (Å²) in [6, 6.07) is 2.43. The average molecular weight is 319 g/mol. The highest BCUT2D eigenvalue weighted by Crippen LogP contribution is 2.23. The number of nitrogens with zero attached hydrogens (tertiary/aromatic N) is 1. The maximum Gasteiger partial charge on any atom is 0.304 e. The number of rotatable bonds is 6. The summed E-state index contributed by atoms with van der Waals surface area (Å²) in [5, 5.41) is 10.5. The van der Waals surface area contributed by atoms with Crippen molar-refractivity contribution in [1.29, 1.82) is 0 Å². The van der Waals surface area contributed by atoms with E-state index >= 15 is 0 Å². The van der Waals surface area contributed by atoms with Crippen LogP contribution in [-0.4, -0.2) is 25.4 Å². The predicted octanol–water partition coefficient (Wildman–Crippen LogP) is 1.39. The quantitative estimate of drug-likeness (QED) is 0.607. The normalized spacial score (nSPS) is 15.0. The summed E-state index contributed by atoms with van der Waals surface area (Å²) in [6.07, 6.45) is 0. The first kappa shape index (κ1) is 17.5. The molecule has 1 aromatic carbocycles. The van der Waals surface area contributed by atoms with Gasteiger partial charge in [-0.15, -0.1) is 0 Å². The number of sulfonamides is 1. The molecule has 1 aromatic rings. The summed E-state index contributed by atoms with van der Waals surface area (Å²) in [5.74, 6) is -1.30. The van der Waals surface area contributed by atoms with E-state index in [2.05, 4.69) is 4.72 Å². The Bertz CT molecular complexity index is 648. The van der Waals surface area contributed by atoms with Crippen molar-refractivity contribution in [3.8, 4) is 0 Å². The molecule has 0 amide bonds. The average Bonchev–Trinajstić information content (AvgIpc) is 2.37. The van der Waals surface area contributed by atoms with E-state index in [4.69, 9.17) is 5.73 Å².